The molecule has 0 spiro atoms. The van der Waals surface area contributed by atoms with Crippen LogP contribution in [0.25, 0.3) is 44.5 Å². The summed E-state index contributed by atoms with van der Waals surface area (Å²) >= 11 is 12.9. The zero-order valence-corrected chi connectivity index (χ0v) is 70.2. The summed E-state index contributed by atoms with van der Waals surface area (Å²) in [6.45, 7) is 9.71. The Labute approximate surface area is 694 Å². The van der Waals surface area contributed by atoms with Gasteiger partial charge in [0.05, 0.1) is 55.5 Å². The second kappa shape index (κ2) is 46.4. The van der Waals surface area contributed by atoms with E-state index in [4.69, 9.17) is 60.8 Å². The van der Waals surface area contributed by atoms with E-state index in [1.807, 2.05) is 86.6 Å². The zero-order valence-electron chi connectivity index (χ0n) is 65.4. The Kier molecular flexibility index (Phi) is 37.1. The van der Waals surface area contributed by atoms with Crippen molar-refractivity contribution in [3.63, 3.8) is 0 Å². The lowest BCUT2D eigenvalue weighted by atomic mass is 10.1. The van der Waals surface area contributed by atoms with Gasteiger partial charge in [-0.25, -0.2) is 45.6 Å². The van der Waals surface area contributed by atoms with E-state index in [-0.39, 0.29) is 46.1 Å². The molecule has 0 saturated carbocycles. The van der Waals surface area contributed by atoms with Crippen LogP contribution in [0, 0.1) is 25.5 Å². The van der Waals surface area contributed by atoms with E-state index in [2.05, 4.69) is 55.1 Å². The molecule has 0 saturated heterocycles. The molecule has 0 aliphatic rings. The number of carbonyl (C=O) groups is 2. The van der Waals surface area contributed by atoms with Crippen LogP contribution in [0.5, 0.6) is 11.5 Å². The summed E-state index contributed by atoms with van der Waals surface area (Å²) in [7, 11) is -14.1. The van der Waals surface area contributed by atoms with Crippen LogP contribution in [0.2, 0.25) is 10.0 Å². The number of sulfone groups is 2. The highest BCUT2D eigenvalue weighted by molar-refractivity contribution is 7.91. The zero-order chi connectivity index (χ0) is 86.0. The number of carboxylic acid groups (broad SMARTS) is 2. The third-order valence-electron chi connectivity index (χ3n) is 16.6. The predicted molar refractivity (Wildman–Crippen MR) is 454 cm³/mol. The molecule has 0 atom stereocenters. The molecule has 4 aromatic heterocycles. The molecule has 0 aliphatic heterocycles. The van der Waals surface area contributed by atoms with Crippen molar-refractivity contribution in [2.45, 2.75) is 115 Å². The van der Waals surface area contributed by atoms with Gasteiger partial charge >= 0.3 is 11.9 Å². The molecule has 628 valence electrons. The third kappa shape index (κ3) is 34.0. The maximum Gasteiger partial charge on any atom is 0.303 e. The highest BCUT2D eigenvalue weighted by atomic mass is 35.5. The summed E-state index contributed by atoms with van der Waals surface area (Å²) in [6, 6.07) is 53.9. The summed E-state index contributed by atoms with van der Waals surface area (Å²) in [4.78, 5) is 37.2. The Balaban J connectivity index is 0.000000226. The van der Waals surface area contributed by atoms with Gasteiger partial charge in [-0.3, -0.25) is 18.7 Å². The van der Waals surface area contributed by atoms with E-state index in [1.54, 1.807) is 72.8 Å². The smallest absolute Gasteiger partial charge is 0.303 e. The highest BCUT2D eigenvalue weighted by Gasteiger charge is 2.16. The van der Waals surface area contributed by atoms with Crippen molar-refractivity contribution in [1.29, 1.82) is 0 Å². The molecule has 0 radical (unpaired) electrons. The van der Waals surface area contributed by atoms with E-state index >= 15 is 0 Å². The topological polar surface area (TPSA) is 396 Å². The number of nitrogens with zero attached hydrogens (tertiary/aromatic N) is 4. The average Bonchev–Trinajstić information content (AvgIpc) is 1.35. The van der Waals surface area contributed by atoms with Gasteiger partial charge in [-0.2, -0.15) is 16.8 Å². The number of anilines is 4. The number of benzene rings is 8. The molecule has 12 rings (SSSR count). The molecule has 0 unspecified atom stereocenters. The van der Waals surface area contributed by atoms with Crippen molar-refractivity contribution in [2.75, 3.05) is 47.7 Å². The minimum absolute atomic E-state index is 0.0664. The van der Waals surface area contributed by atoms with Crippen LogP contribution in [0.3, 0.4) is 0 Å². The van der Waals surface area contributed by atoms with E-state index in [0.29, 0.717) is 118 Å². The molecule has 8 aromatic carbocycles. The van der Waals surface area contributed by atoms with E-state index < -0.39 is 51.8 Å². The summed E-state index contributed by atoms with van der Waals surface area (Å²) in [5.74, 6) is 2.98. The number of carboxylic acids is 2. The van der Waals surface area contributed by atoms with Gasteiger partial charge in [-0.1, -0.05) is 122 Å². The number of hydrogen-bond donors (Lipinski definition) is 8. The fraction of sp³-hybridized carbons (Fsp3) is 0.262. The molecule has 12 aromatic rings. The first-order valence-electron chi connectivity index (χ1n) is 36.9. The second-order valence-corrected chi connectivity index (χ2v) is 34.9. The van der Waals surface area contributed by atoms with Crippen LogP contribution in [0.4, 0.5) is 31.8 Å². The first-order valence-corrected chi connectivity index (χ1v) is 44.6. The van der Waals surface area contributed by atoms with Gasteiger partial charge < -0.3 is 49.8 Å². The van der Waals surface area contributed by atoms with Gasteiger partial charge in [-0.05, 0) is 183 Å². The SMILES string of the molecule is CCCCCC(=O)O.CCCCCC(=O)O.CS(=O)(=O)CCNCc1ccc(-c2ccc3ncnc(Nc4ccc(OCc5cccc(F)c5)c(Cl)c4)c3c2)o1.CS(=O)(=O)CCNCc1ccc(-c2ccc3ncnc(Nc4ccc(OCc5cccc(F)c5)c(Cl)c4)c3c2)o1.Cc1ccc(S(=O)(=O)O)cc1.Cc1ccc(S(=O)(=O)O)cc1. The van der Waals surface area contributed by atoms with E-state index in [0.717, 1.165) is 82.6 Å². The van der Waals surface area contributed by atoms with Gasteiger partial charge in [0.25, 0.3) is 20.2 Å². The number of aliphatic carboxylic acids is 2. The molecule has 0 bridgehead atoms. The summed E-state index contributed by atoms with van der Waals surface area (Å²) in [5.41, 5.74) is 7.89. The molecule has 0 fully saturated rings. The standard InChI is InChI=1S/2C29H26ClFN4O4S.2C7H8O3S.2C6H12O2/c2*1-40(36,37)12-11-32-16-23-7-10-27(39-23)20-5-8-26-24(14-20)29(34-18-33-26)35-22-6-9-28(25(30)15-22)38-17-19-3-2-4-21(31)13-19;2*1-6-2-4-7(5-3-6)11(8,9)10;2*1-2-3-4-5-6(7)8/h2*2-10,13-15,18,32H,11-12,16-17H2,1H3,(H,33,34,35);2*2-5H,1H3,(H,8,9,10);2*2-5H2,1H3,(H,7,8). The summed E-state index contributed by atoms with van der Waals surface area (Å²) in [5, 5.41) is 31.4. The lowest BCUT2D eigenvalue weighted by molar-refractivity contribution is -0.138. The molecular weight excluding hydrogens is 1650 g/mol. The Morgan fingerprint density at radius 2 is 0.847 bits per heavy atom. The number of fused-ring (bicyclic) bond motifs is 2. The van der Waals surface area contributed by atoms with Crippen molar-refractivity contribution in [3.05, 3.63) is 262 Å². The number of nitrogens with one attached hydrogen (secondary N) is 4. The number of halogens is 4. The first kappa shape index (κ1) is 94.4. The summed E-state index contributed by atoms with van der Waals surface area (Å²) in [6.07, 6.45) is 11.9. The number of furan rings is 2. The van der Waals surface area contributed by atoms with Crippen LogP contribution in [-0.2, 0) is 75.8 Å². The second-order valence-electron chi connectivity index (χ2n) is 26.7. The number of aromatic nitrogens is 4. The number of rotatable bonds is 32. The van der Waals surface area contributed by atoms with Crippen LogP contribution < -0.4 is 30.7 Å². The van der Waals surface area contributed by atoms with Crippen molar-refractivity contribution in [3.8, 4) is 34.1 Å². The Bertz CT molecular complexity index is 5420. The van der Waals surface area contributed by atoms with Crippen molar-refractivity contribution >= 4 is 120 Å². The lowest BCUT2D eigenvalue weighted by Gasteiger charge is -2.12. The maximum atomic E-state index is 13.4. The fourth-order valence-electron chi connectivity index (χ4n) is 10.5. The van der Waals surface area contributed by atoms with Gasteiger partial charge in [0.1, 0.15) is 103 Å². The average molecular weight is 1740 g/mol. The normalized spacial score (nSPS) is 11.2. The molecule has 8 N–H and O–H groups in total. The molecule has 0 aliphatic carbocycles. The highest BCUT2D eigenvalue weighted by Crippen LogP contribution is 2.36. The number of aryl methyl sites for hydroxylation is 2. The number of unbranched alkanes of at least 4 members (excludes halogenated alkanes) is 4. The van der Waals surface area contributed by atoms with Crippen LogP contribution in [0.1, 0.15) is 99.0 Å². The predicted octanol–water partition coefficient (Wildman–Crippen LogP) is 18.1. The van der Waals surface area contributed by atoms with Crippen molar-refractivity contribution in [2.24, 2.45) is 0 Å². The first-order chi connectivity index (χ1) is 56.0. The van der Waals surface area contributed by atoms with Gasteiger partial charge in [0, 0.05) is 71.7 Å². The van der Waals surface area contributed by atoms with Crippen LogP contribution in [0.15, 0.2) is 225 Å². The summed E-state index contributed by atoms with van der Waals surface area (Å²) < 4.78 is 155. The quantitative estimate of drug-likeness (QED) is 0.0143. The molecule has 0 amide bonds. The number of hydrogen-bond acceptors (Lipinski definition) is 22. The van der Waals surface area contributed by atoms with E-state index in [9.17, 15) is 52.0 Å². The molecule has 4 heterocycles. The monoisotopic (exact) mass is 1740 g/mol. The minimum Gasteiger partial charge on any atom is -0.487 e. The molecular formula is C84H92Cl2F2N8O18S4. The maximum absolute atomic E-state index is 13.4. The van der Waals surface area contributed by atoms with Crippen molar-refractivity contribution < 1.29 is 89.7 Å². The van der Waals surface area contributed by atoms with Gasteiger partial charge in [-0.15, -0.1) is 0 Å². The van der Waals surface area contributed by atoms with Crippen molar-refractivity contribution in [1.82, 2.24) is 30.6 Å². The molecule has 26 nitrogen and oxygen atoms in total. The minimum atomic E-state index is -4.02. The molecule has 118 heavy (non-hydrogen) atoms. The van der Waals surface area contributed by atoms with E-state index in [1.165, 1.54) is 73.7 Å². The molecule has 34 heteroatoms. The largest absolute Gasteiger partial charge is 0.487 e. The number of ether oxygens (including phenoxy) is 2. The lowest BCUT2D eigenvalue weighted by Crippen LogP contribution is -2.21. The Morgan fingerprint density at radius 1 is 0.466 bits per heavy atom. The Hall–Kier alpha value is -10.8. The van der Waals surface area contributed by atoms with Crippen LogP contribution in [-0.4, -0.2) is 122 Å². The Morgan fingerprint density at radius 3 is 1.18 bits per heavy atom. The fourth-order valence-corrected chi connectivity index (χ4v) is 13.0. The van der Waals surface area contributed by atoms with Gasteiger partial charge in [0.2, 0.25) is 0 Å². The van der Waals surface area contributed by atoms with Crippen LogP contribution >= 0.6 is 23.2 Å². The third-order valence-corrected chi connectivity index (χ3v) is 20.9. The van der Waals surface area contributed by atoms with Gasteiger partial charge in [0.15, 0.2) is 0 Å².